The van der Waals surface area contributed by atoms with Crippen molar-refractivity contribution in [3.05, 3.63) is 59.7 Å². The van der Waals surface area contributed by atoms with E-state index in [1.165, 1.54) is 55.5 Å². The summed E-state index contributed by atoms with van der Waals surface area (Å²) in [6.07, 6.45) is -0.603. The number of Topliss-reactive ketones (excluding diaryl/α,β-unsaturated/α-hetero) is 1. The van der Waals surface area contributed by atoms with Crippen LogP contribution in [-0.4, -0.2) is 38.9 Å². The van der Waals surface area contributed by atoms with Crippen LogP contribution in [0.1, 0.15) is 34.1 Å². The van der Waals surface area contributed by atoms with Crippen LogP contribution in [0.3, 0.4) is 0 Å². The van der Waals surface area contributed by atoms with Gasteiger partial charge in [-0.1, -0.05) is 12.1 Å². The zero-order valence-corrected chi connectivity index (χ0v) is 15.7. The molecule has 0 spiro atoms. The standard InChI is InChI=1S/C19H17NO7S/c1-12(21)13-4-8-16(9-5-13)28(24,25)20-15-6-2-14(3-7-15)18(22)27-17-10-11-26-19(17)23/h2-9,17,20H,10-11H2,1H3/t17-/m1/s1. The van der Waals surface area contributed by atoms with E-state index in [0.29, 0.717) is 12.0 Å². The number of ketones is 1. The molecular weight excluding hydrogens is 386 g/mol. The summed E-state index contributed by atoms with van der Waals surface area (Å²) in [6, 6.07) is 11.1. The summed E-state index contributed by atoms with van der Waals surface area (Å²) >= 11 is 0. The number of anilines is 1. The number of ether oxygens (including phenoxy) is 2. The van der Waals surface area contributed by atoms with Gasteiger partial charge < -0.3 is 9.47 Å². The maximum absolute atomic E-state index is 12.4. The summed E-state index contributed by atoms with van der Waals surface area (Å²) in [5, 5.41) is 0. The van der Waals surface area contributed by atoms with Crippen molar-refractivity contribution in [2.75, 3.05) is 11.3 Å². The molecule has 28 heavy (non-hydrogen) atoms. The van der Waals surface area contributed by atoms with Gasteiger partial charge in [0.2, 0.25) is 6.10 Å². The molecule has 0 aromatic heterocycles. The predicted molar refractivity (Wildman–Crippen MR) is 98.5 cm³/mol. The summed E-state index contributed by atoms with van der Waals surface area (Å²) in [7, 11) is -3.85. The quantitative estimate of drug-likeness (QED) is 0.580. The predicted octanol–water partition coefficient (Wildman–Crippen LogP) is 2.16. The van der Waals surface area contributed by atoms with Crippen LogP contribution >= 0.6 is 0 Å². The molecular formula is C19H17NO7S. The molecule has 9 heteroatoms. The van der Waals surface area contributed by atoms with E-state index >= 15 is 0 Å². The molecule has 2 aromatic carbocycles. The van der Waals surface area contributed by atoms with E-state index in [4.69, 9.17) is 9.47 Å². The zero-order chi connectivity index (χ0) is 20.3. The SMILES string of the molecule is CC(=O)c1ccc(S(=O)(=O)Nc2ccc(C(=O)O[C@@H]3CCOC3=O)cc2)cc1. The van der Waals surface area contributed by atoms with Crippen molar-refractivity contribution < 1.29 is 32.3 Å². The first-order valence-electron chi connectivity index (χ1n) is 8.38. The second kappa shape index (κ2) is 7.81. The lowest BCUT2D eigenvalue weighted by Gasteiger charge is -2.10. The lowest BCUT2D eigenvalue weighted by atomic mass is 10.2. The van der Waals surface area contributed by atoms with Crippen LogP contribution in [0.25, 0.3) is 0 Å². The molecule has 0 aliphatic carbocycles. The van der Waals surface area contributed by atoms with Gasteiger partial charge in [-0.25, -0.2) is 18.0 Å². The molecule has 1 heterocycles. The van der Waals surface area contributed by atoms with Crippen molar-refractivity contribution in [3.8, 4) is 0 Å². The summed E-state index contributed by atoms with van der Waals surface area (Å²) in [4.78, 5) is 34.7. The van der Waals surface area contributed by atoms with Crippen LogP contribution in [0, 0.1) is 0 Å². The lowest BCUT2D eigenvalue weighted by molar-refractivity contribution is -0.145. The van der Waals surface area contributed by atoms with Crippen LogP contribution in [0.15, 0.2) is 53.4 Å². The summed E-state index contributed by atoms with van der Waals surface area (Å²) in [5.74, 6) is -1.43. The highest BCUT2D eigenvalue weighted by atomic mass is 32.2. The summed E-state index contributed by atoms with van der Waals surface area (Å²) < 4.78 is 37.0. The Hall–Kier alpha value is -3.20. The van der Waals surface area contributed by atoms with Crippen molar-refractivity contribution in [2.45, 2.75) is 24.3 Å². The fraction of sp³-hybridized carbons (Fsp3) is 0.211. The second-order valence-electron chi connectivity index (χ2n) is 6.11. The average Bonchev–Trinajstić information content (AvgIpc) is 3.06. The number of sulfonamides is 1. The molecule has 0 amide bonds. The van der Waals surface area contributed by atoms with Crippen LogP contribution in [-0.2, 0) is 24.3 Å². The number of hydrogen-bond acceptors (Lipinski definition) is 7. The Morgan fingerprint density at radius 3 is 2.18 bits per heavy atom. The van der Waals surface area contributed by atoms with Crippen molar-refractivity contribution in [1.29, 1.82) is 0 Å². The number of carbonyl (C=O) groups is 3. The fourth-order valence-corrected chi connectivity index (χ4v) is 3.60. The van der Waals surface area contributed by atoms with Gasteiger partial charge in [-0.15, -0.1) is 0 Å². The van der Waals surface area contributed by atoms with E-state index in [1.54, 1.807) is 0 Å². The first-order chi connectivity index (χ1) is 13.3. The van der Waals surface area contributed by atoms with Crippen molar-refractivity contribution in [3.63, 3.8) is 0 Å². The molecule has 0 bridgehead atoms. The van der Waals surface area contributed by atoms with Gasteiger partial charge in [0, 0.05) is 17.7 Å². The van der Waals surface area contributed by atoms with E-state index in [1.807, 2.05) is 0 Å². The van der Waals surface area contributed by atoms with Crippen LogP contribution in [0.4, 0.5) is 5.69 Å². The summed E-state index contributed by atoms with van der Waals surface area (Å²) in [6.45, 7) is 1.61. The van der Waals surface area contributed by atoms with Gasteiger partial charge >= 0.3 is 11.9 Å². The molecule has 0 unspecified atom stereocenters. The number of esters is 2. The Morgan fingerprint density at radius 2 is 1.64 bits per heavy atom. The third-order valence-electron chi connectivity index (χ3n) is 4.08. The van der Waals surface area contributed by atoms with E-state index in [2.05, 4.69) is 4.72 Å². The number of benzene rings is 2. The third-order valence-corrected chi connectivity index (χ3v) is 5.48. The Labute approximate surface area is 161 Å². The van der Waals surface area contributed by atoms with E-state index in [0.717, 1.165) is 0 Å². The van der Waals surface area contributed by atoms with Crippen molar-refractivity contribution in [2.24, 2.45) is 0 Å². The van der Waals surface area contributed by atoms with E-state index in [9.17, 15) is 22.8 Å². The molecule has 2 aromatic rings. The second-order valence-corrected chi connectivity index (χ2v) is 7.80. The largest absolute Gasteiger partial charge is 0.463 e. The van der Waals surface area contributed by atoms with Crippen LogP contribution < -0.4 is 4.72 Å². The molecule has 1 fully saturated rings. The topological polar surface area (TPSA) is 116 Å². The van der Waals surface area contributed by atoms with Gasteiger partial charge in [0.05, 0.1) is 17.1 Å². The zero-order valence-electron chi connectivity index (χ0n) is 14.9. The highest BCUT2D eigenvalue weighted by molar-refractivity contribution is 7.92. The number of hydrogen-bond donors (Lipinski definition) is 1. The Balaban J connectivity index is 1.68. The summed E-state index contributed by atoms with van der Waals surface area (Å²) in [5.41, 5.74) is 0.828. The third kappa shape index (κ3) is 4.37. The first-order valence-corrected chi connectivity index (χ1v) is 9.86. The minimum absolute atomic E-state index is 0.000678. The molecule has 0 saturated carbocycles. The lowest BCUT2D eigenvalue weighted by Crippen LogP contribution is -2.22. The highest BCUT2D eigenvalue weighted by Crippen LogP contribution is 2.19. The molecule has 1 atom stereocenters. The van der Waals surface area contributed by atoms with Gasteiger partial charge in [0.1, 0.15) is 0 Å². The van der Waals surface area contributed by atoms with E-state index < -0.39 is 28.1 Å². The molecule has 146 valence electrons. The van der Waals surface area contributed by atoms with Gasteiger partial charge in [-0.05, 0) is 43.3 Å². The minimum Gasteiger partial charge on any atom is -0.463 e. The van der Waals surface area contributed by atoms with Gasteiger partial charge in [0.15, 0.2) is 5.78 Å². The van der Waals surface area contributed by atoms with Crippen molar-refractivity contribution >= 4 is 33.4 Å². The normalized spacial score (nSPS) is 16.3. The van der Waals surface area contributed by atoms with Crippen molar-refractivity contribution in [1.82, 2.24) is 0 Å². The maximum Gasteiger partial charge on any atom is 0.347 e. The maximum atomic E-state index is 12.4. The molecule has 0 radical (unpaired) electrons. The number of cyclic esters (lactones) is 1. The molecule has 1 N–H and O–H groups in total. The first kappa shape index (κ1) is 19.6. The van der Waals surface area contributed by atoms with Gasteiger partial charge in [0.25, 0.3) is 10.0 Å². The Kier molecular flexibility index (Phi) is 5.46. The van der Waals surface area contributed by atoms with Gasteiger partial charge in [-0.2, -0.15) is 0 Å². The molecule has 3 rings (SSSR count). The smallest absolute Gasteiger partial charge is 0.347 e. The molecule has 8 nitrogen and oxygen atoms in total. The molecule has 1 aliphatic heterocycles. The fourth-order valence-electron chi connectivity index (χ4n) is 2.54. The average molecular weight is 403 g/mol. The highest BCUT2D eigenvalue weighted by Gasteiger charge is 2.30. The Morgan fingerprint density at radius 1 is 1.04 bits per heavy atom. The Bertz CT molecular complexity index is 1010. The number of carbonyl (C=O) groups excluding carboxylic acids is 3. The van der Waals surface area contributed by atoms with Crippen LogP contribution in [0.2, 0.25) is 0 Å². The number of rotatable bonds is 6. The van der Waals surface area contributed by atoms with Crippen LogP contribution in [0.5, 0.6) is 0 Å². The number of nitrogens with one attached hydrogen (secondary N) is 1. The van der Waals surface area contributed by atoms with E-state index in [-0.39, 0.29) is 28.5 Å². The monoisotopic (exact) mass is 403 g/mol. The molecule has 1 aliphatic rings. The van der Waals surface area contributed by atoms with Gasteiger partial charge in [-0.3, -0.25) is 9.52 Å². The minimum atomic E-state index is -3.85. The molecule has 1 saturated heterocycles.